The Balaban J connectivity index is 1.20. The van der Waals surface area contributed by atoms with Crippen LogP contribution in [0.3, 0.4) is 0 Å². The summed E-state index contributed by atoms with van der Waals surface area (Å²) in [6, 6.07) is 67.4. The summed E-state index contributed by atoms with van der Waals surface area (Å²) in [7, 11) is 0. The largest absolute Gasteiger partial charge is 0.454 e. The van der Waals surface area contributed by atoms with Gasteiger partial charge in [0.25, 0.3) is 0 Å². The molecule has 0 radical (unpaired) electrons. The number of furan rings is 1. The number of anilines is 3. The first kappa shape index (κ1) is 28.4. The molecule has 0 aliphatic heterocycles. The third-order valence-corrected chi connectivity index (χ3v) is 10.1. The van der Waals surface area contributed by atoms with E-state index in [0.29, 0.717) is 0 Å². The molecule has 0 saturated heterocycles. The first-order valence-corrected chi connectivity index (χ1v) is 17.1. The SMILES string of the molecule is c1ccc(-c2ccc(N(c3ccc(-c4cc5ccccc5c5ccccc45)cc3)c3cccc4c3oc3ccccc34)c3ccccc23)cc1. The molecule has 234 valence electrons. The van der Waals surface area contributed by atoms with Gasteiger partial charge in [-0.2, -0.15) is 0 Å². The fourth-order valence-electron chi connectivity index (χ4n) is 7.75. The van der Waals surface area contributed by atoms with Gasteiger partial charge in [0.1, 0.15) is 5.58 Å². The molecule has 0 amide bonds. The molecule has 2 nitrogen and oxygen atoms in total. The summed E-state index contributed by atoms with van der Waals surface area (Å²) in [6.07, 6.45) is 0. The lowest BCUT2D eigenvalue weighted by atomic mass is 9.93. The van der Waals surface area contributed by atoms with Gasteiger partial charge in [-0.25, -0.2) is 0 Å². The van der Waals surface area contributed by atoms with E-state index >= 15 is 0 Å². The maximum absolute atomic E-state index is 6.65. The molecule has 0 fully saturated rings. The van der Waals surface area contributed by atoms with Gasteiger partial charge >= 0.3 is 0 Å². The van der Waals surface area contributed by atoms with Crippen molar-refractivity contribution in [3.63, 3.8) is 0 Å². The Kier molecular flexibility index (Phi) is 6.53. The van der Waals surface area contributed by atoms with E-state index in [0.717, 1.165) is 39.0 Å². The normalized spacial score (nSPS) is 11.6. The number of para-hydroxylation sites is 2. The fraction of sp³-hybridized carbons (Fsp3) is 0. The summed E-state index contributed by atoms with van der Waals surface area (Å²) in [5.41, 5.74) is 9.74. The number of fused-ring (bicyclic) bond motifs is 7. The van der Waals surface area contributed by atoms with Crippen molar-refractivity contribution in [2.45, 2.75) is 0 Å². The van der Waals surface area contributed by atoms with Crippen LogP contribution < -0.4 is 4.90 Å². The highest BCUT2D eigenvalue weighted by Crippen LogP contribution is 2.46. The quantitative estimate of drug-likeness (QED) is 0.175. The first-order chi connectivity index (χ1) is 24.8. The van der Waals surface area contributed by atoms with Crippen LogP contribution in [0, 0.1) is 0 Å². The second-order valence-corrected chi connectivity index (χ2v) is 12.9. The van der Waals surface area contributed by atoms with E-state index < -0.39 is 0 Å². The topological polar surface area (TPSA) is 16.4 Å². The molecule has 2 heteroatoms. The minimum Gasteiger partial charge on any atom is -0.454 e. The van der Waals surface area contributed by atoms with E-state index in [4.69, 9.17) is 4.42 Å². The van der Waals surface area contributed by atoms with Crippen molar-refractivity contribution < 1.29 is 4.42 Å². The van der Waals surface area contributed by atoms with Crippen molar-refractivity contribution in [3.8, 4) is 22.3 Å². The highest BCUT2D eigenvalue weighted by molar-refractivity contribution is 6.15. The molecule has 9 aromatic carbocycles. The third-order valence-electron chi connectivity index (χ3n) is 10.1. The molecule has 1 aromatic heterocycles. The third kappa shape index (κ3) is 4.50. The molecular formula is C48H31NO. The summed E-state index contributed by atoms with van der Waals surface area (Å²) >= 11 is 0. The van der Waals surface area contributed by atoms with Gasteiger partial charge in [-0.05, 0) is 85.6 Å². The zero-order chi connectivity index (χ0) is 33.0. The molecule has 0 atom stereocenters. The average Bonchev–Trinajstić information content (AvgIpc) is 3.58. The standard InChI is InChI=1S/C48H31NO/c1-2-13-32(14-3-1)37-29-30-45(41-20-9-8-18-39(37)41)49(46-23-12-22-43-42-21-10-11-24-47(42)50-48(43)46)35-27-25-33(26-28-35)44-31-34-15-4-5-16-36(34)38-17-6-7-19-40(38)44/h1-31H. The van der Waals surface area contributed by atoms with Gasteiger partial charge in [-0.1, -0.05) is 152 Å². The Hall–Kier alpha value is -6.64. The number of nitrogens with zero attached hydrogens (tertiary/aromatic N) is 1. The maximum atomic E-state index is 6.65. The summed E-state index contributed by atoms with van der Waals surface area (Å²) in [4.78, 5) is 2.37. The number of hydrogen-bond acceptors (Lipinski definition) is 2. The highest BCUT2D eigenvalue weighted by atomic mass is 16.3. The predicted octanol–water partition coefficient (Wildman–Crippen LogP) is 13.8. The Morgan fingerprint density at radius 3 is 1.74 bits per heavy atom. The zero-order valence-electron chi connectivity index (χ0n) is 27.3. The lowest BCUT2D eigenvalue weighted by Crippen LogP contribution is -2.11. The van der Waals surface area contributed by atoms with Gasteiger partial charge in [-0.15, -0.1) is 0 Å². The van der Waals surface area contributed by atoms with Crippen LogP contribution in [-0.4, -0.2) is 0 Å². The highest BCUT2D eigenvalue weighted by Gasteiger charge is 2.22. The van der Waals surface area contributed by atoms with Crippen LogP contribution in [0.5, 0.6) is 0 Å². The minimum absolute atomic E-state index is 0.870. The molecule has 0 N–H and O–H groups in total. The lowest BCUT2D eigenvalue weighted by Gasteiger charge is -2.28. The molecule has 0 saturated carbocycles. The number of benzene rings is 9. The van der Waals surface area contributed by atoms with Crippen molar-refractivity contribution in [2.24, 2.45) is 0 Å². The Labute approximate surface area is 290 Å². The second-order valence-electron chi connectivity index (χ2n) is 12.9. The number of hydrogen-bond donors (Lipinski definition) is 0. The van der Waals surface area contributed by atoms with Gasteiger partial charge in [-0.3, -0.25) is 0 Å². The molecule has 0 aliphatic carbocycles. The zero-order valence-corrected chi connectivity index (χ0v) is 27.3. The van der Waals surface area contributed by atoms with Crippen LogP contribution in [0.4, 0.5) is 17.1 Å². The molecule has 10 aromatic rings. The van der Waals surface area contributed by atoms with Crippen LogP contribution in [0.2, 0.25) is 0 Å². The van der Waals surface area contributed by atoms with Crippen LogP contribution in [-0.2, 0) is 0 Å². The lowest BCUT2D eigenvalue weighted by molar-refractivity contribution is 0.669. The van der Waals surface area contributed by atoms with Crippen molar-refractivity contribution in [3.05, 3.63) is 188 Å². The van der Waals surface area contributed by atoms with Gasteiger partial charge in [0.05, 0.1) is 11.4 Å². The van der Waals surface area contributed by atoms with E-state index in [9.17, 15) is 0 Å². The van der Waals surface area contributed by atoms with E-state index in [-0.39, 0.29) is 0 Å². The van der Waals surface area contributed by atoms with E-state index in [2.05, 4.69) is 187 Å². The van der Waals surface area contributed by atoms with Crippen molar-refractivity contribution in [2.75, 3.05) is 4.90 Å². The van der Waals surface area contributed by atoms with E-state index in [1.54, 1.807) is 0 Å². The molecule has 10 rings (SSSR count). The summed E-state index contributed by atoms with van der Waals surface area (Å²) in [5.74, 6) is 0. The summed E-state index contributed by atoms with van der Waals surface area (Å²) in [5, 5.41) is 9.65. The van der Waals surface area contributed by atoms with Gasteiger partial charge < -0.3 is 9.32 Å². The molecule has 0 bridgehead atoms. The maximum Gasteiger partial charge on any atom is 0.159 e. The summed E-state index contributed by atoms with van der Waals surface area (Å²) < 4.78 is 6.65. The van der Waals surface area contributed by atoms with Crippen molar-refractivity contribution in [1.29, 1.82) is 0 Å². The first-order valence-electron chi connectivity index (χ1n) is 17.1. The molecular weight excluding hydrogens is 607 g/mol. The van der Waals surface area contributed by atoms with Gasteiger partial charge in [0, 0.05) is 21.8 Å². The predicted molar refractivity (Wildman–Crippen MR) is 212 cm³/mol. The van der Waals surface area contributed by atoms with E-state index in [1.165, 1.54) is 54.6 Å². The molecule has 1 heterocycles. The van der Waals surface area contributed by atoms with Crippen molar-refractivity contribution >= 4 is 71.3 Å². The van der Waals surface area contributed by atoms with Crippen LogP contribution in [0.1, 0.15) is 0 Å². The van der Waals surface area contributed by atoms with Crippen LogP contribution in [0.15, 0.2) is 192 Å². The Bertz CT molecular complexity index is 2870. The van der Waals surface area contributed by atoms with Gasteiger partial charge in [0.15, 0.2) is 5.58 Å². The number of rotatable bonds is 5. The van der Waals surface area contributed by atoms with Gasteiger partial charge in [0.2, 0.25) is 0 Å². The minimum atomic E-state index is 0.870. The molecule has 0 aliphatic rings. The van der Waals surface area contributed by atoms with Crippen molar-refractivity contribution in [1.82, 2.24) is 0 Å². The molecule has 0 unspecified atom stereocenters. The monoisotopic (exact) mass is 637 g/mol. The molecule has 0 spiro atoms. The summed E-state index contributed by atoms with van der Waals surface area (Å²) in [6.45, 7) is 0. The Morgan fingerprint density at radius 1 is 0.340 bits per heavy atom. The molecule has 50 heavy (non-hydrogen) atoms. The van der Waals surface area contributed by atoms with Crippen LogP contribution >= 0.6 is 0 Å². The fourth-order valence-corrected chi connectivity index (χ4v) is 7.75. The average molecular weight is 638 g/mol. The second kappa shape index (κ2) is 11.5. The Morgan fingerprint density at radius 2 is 0.940 bits per heavy atom. The smallest absolute Gasteiger partial charge is 0.159 e. The van der Waals surface area contributed by atoms with Crippen LogP contribution in [0.25, 0.3) is 76.5 Å². The van der Waals surface area contributed by atoms with E-state index in [1.807, 2.05) is 6.07 Å².